The van der Waals surface area contributed by atoms with E-state index >= 15 is 0 Å². The van der Waals surface area contributed by atoms with E-state index in [9.17, 15) is 4.79 Å². The monoisotopic (exact) mass is 647 g/mol. The molecule has 45 heavy (non-hydrogen) atoms. The summed E-state index contributed by atoms with van der Waals surface area (Å²) in [6.07, 6.45) is 1.49. The van der Waals surface area contributed by atoms with Gasteiger partial charge in [0, 0.05) is 72.5 Å². The summed E-state index contributed by atoms with van der Waals surface area (Å²) in [5, 5.41) is 16.4. The Bertz CT molecular complexity index is 1730. The zero-order valence-corrected chi connectivity index (χ0v) is 26.7. The van der Waals surface area contributed by atoms with Crippen LogP contribution in [0.3, 0.4) is 0 Å². The minimum Gasteiger partial charge on any atom is -0.481 e. The third-order valence-electron chi connectivity index (χ3n) is 8.39. The van der Waals surface area contributed by atoms with E-state index in [1.165, 1.54) is 0 Å². The molecule has 9 nitrogen and oxygen atoms in total. The number of likely N-dealkylation sites (tertiary alicyclic amines) is 1. The molecule has 4 heterocycles. The van der Waals surface area contributed by atoms with Gasteiger partial charge in [0.25, 0.3) is 0 Å². The third-order valence-corrected chi connectivity index (χ3v) is 9.20. The largest absolute Gasteiger partial charge is 0.481 e. The Hall–Kier alpha value is -3.73. The maximum Gasteiger partial charge on any atom is 0.220 e. The molecule has 3 N–H and O–H groups in total. The minimum absolute atomic E-state index is 0.0527. The van der Waals surface area contributed by atoms with Crippen LogP contribution in [0.5, 0.6) is 11.8 Å². The van der Waals surface area contributed by atoms with Gasteiger partial charge in [0.15, 0.2) is 0 Å². The number of amides is 1. The molecule has 11 heteroatoms. The number of aromatic nitrogens is 2. The topological polar surface area (TPSA) is 109 Å². The Morgan fingerprint density at radius 1 is 0.867 bits per heavy atom. The molecule has 1 spiro atoms. The zero-order valence-electron chi connectivity index (χ0n) is 25.2. The highest BCUT2D eigenvalue weighted by molar-refractivity contribution is 6.39. The molecule has 2 aliphatic rings. The molecule has 0 radical (unpaired) electrons. The first-order valence-electron chi connectivity index (χ1n) is 14.9. The number of carbonyl (C=O) groups is 1. The van der Waals surface area contributed by atoms with E-state index in [4.69, 9.17) is 47.8 Å². The number of hydrogen-bond acceptors (Lipinski definition) is 8. The molecular weight excluding hydrogens is 613 g/mol. The summed E-state index contributed by atoms with van der Waals surface area (Å²) in [6.45, 7) is 3.38. The van der Waals surface area contributed by atoms with Crippen molar-refractivity contribution in [3.8, 4) is 45.4 Å². The summed E-state index contributed by atoms with van der Waals surface area (Å²) in [5.74, 6) is 1.17. The Kier molecular flexibility index (Phi) is 9.26. The number of carbonyl (C=O) groups excluding carboxylic acids is 1. The van der Waals surface area contributed by atoms with Crippen LogP contribution < -0.4 is 20.1 Å². The first-order valence-corrected chi connectivity index (χ1v) is 15.6. The molecule has 2 aromatic heterocycles. The van der Waals surface area contributed by atoms with Crippen molar-refractivity contribution in [3.63, 3.8) is 0 Å². The molecule has 2 aromatic carbocycles. The Balaban J connectivity index is 1.26. The average molecular weight is 649 g/mol. The maximum absolute atomic E-state index is 11.7. The number of nitrogens with one attached hydrogen (secondary N) is 2. The van der Waals surface area contributed by atoms with Crippen molar-refractivity contribution in [3.05, 3.63) is 81.8 Å². The van der Waals surface area contributed by atoms with E-state index in [1.807, 2.05) is 60.7 Å². The van der Waals surface area contributed by atoms with E-state index in [2.05, 4.69) is 15.5 Å². The van der Waals surface area contributed by atoms with Crippen molar-refractivity contribution in [2.24, 2.45) is 0 Å². The molecule has 2 aliphatic heterocycles. The molecule has 0 saturated carbocycles. The van der Waals surface area contributed by atoms with Gasteiger partial charge in [-0.05, 0) is 18.6 Å². The smallest absolute Gasteiger partial charge is 0.220 e. The standard InChI is InChI=1S/C34H35Cl2N5O4/c1-44-32-21(17-37-15-16-42)9-11-27(38-32)25-7-3-5-23(30(25)35)24-6-4-8-26(31(24)36)28-12-10-22(33(39-28)45-2)18-41-19-34(20-41)14-13-29(43)40-34/h3-12,37,42H,13-20H2,1-2H3,(H,40,43). The van der Waals surface area contributed by atoms with Crippen LogP contribution in [0, 0.1) is 0 Å². The van der Waals surface area contributed by atoms with E-state index in [-0.39, 0.29) is 18.1 Å². The summed E-state index contributed by atoms with van der Waals surface area (Å²) in [4.78, 5) is 23.6. The summed E-state index contributed by atoms with van der Waals surface area (Å²) < 4.78 is 11.2. The van der Waals surface area contributed by atoms with Gasteiger partial charge in [0.1, 0.15) is 0 Å². The predicted octanol–water partition coefficient (Wildman–Crippen LogP) is 5.35. The van der Waals surface area contributed by atoms with Gasteiger partial charge in [-0.3, -0.25) is 9.69 Å². The summed E-state index contributed by atoms with van der Waals surface area (Å²) in [5.41, 5.74) is 6.18. The molecule has 0 atom stereocenters. The lowest BCUT2D eigenvalue weighted by molar-refractivity contribution is -0.120. The van der Waals surface area contributed by atoms with Crippen LogP contribution in [0.25, 0.3) is 33.6 Å². The van der Waals surface area contributed by atoms with Crippen LogP contribution >= 0.6 is 23.2 Å². The highest BCUT2D eigenvalue weighted by Gasteiger charge is 2.47. The molecule has 0 aliphatic carbocycles. The number of benzene rings is 2. The Morgan fingerprint density at radius 2 is 1.42 bits per heavy atom. The summed E-state index contributed by atoms with van der Waals surface area (Å²) >= 11 is 14.1. The molecule has 4 aromatic rings. The maximum atomic E-state index is 11.7. The summed E-state index contributed by atoms with van der Waals surface area (Å²) in [7, 11) is 3.20. The van der Waals surface area contributed by atoms with Gasteiger partial charge in [-0.25, -0.2) is 9.97 Å². The molecule has 0 bridgehead atoms. The van der Waals surface area contributed by atoms with Gasteiger partial charge in [-0.15, -0.1) is 0 Å². The second-order valence-corrected chi connectivity index (χ2v) is 12.2. The molecule has 2 fully saturated rings. The number of aliphatic hydroxyl groups is 1. The number of methoxy groups -OCH3 is 2. The minimum atomic E-state index is -0.0755. The lowest BCUT2D eigenvalue weighted by Crippen LogP contribution is -2.66. The van der Waals surface area contributed by atoms with Gasteiger partial charge in [-0.2, -0.15) is 0 Å². The fourth-order valence-electron chi connectivity index (χ4n) is 6.20. The SMILES string of the molecule is COc1nc(-c2cccc(-c3cccc(-c4ccc(CN5CC6(CCC(=O)N6)C5)c(OC)n4)c3Cl)c2Cl)ccc1CNCCO. The number of hydrogen-bond donors (Lipinski definition) is 3. The van der Waals surface area contributed by atoms with Gasteiger partial charge in [0.2, 0.25) is 17.7 Å². The number of rotatable bonds is 11. The van der Waals surface area contributed by atoms with Gasteiger partial charge in [-0.1, -0.05) is 71.7 Å². The van der Waals surface area contributed by atoms with Crippen LogP contribution in [-0.2, 0) is 17.9 Å². The van der Waals surface area contributed by atoms with Crippen LogP contribution in [0.2, 0.25) is 10.0 Å². The quantitative estimate of drug-likeness (QED) is 0.187. The fraction of sp³-hybridized carbons (Fsp3) is 0.324. The molecule has 0 unspecified atom stereocenters. The highest BCUT2D eigenvalue weighted by atomic mass is 35.5. The number of pyridine rings is 2. The molecule has 234 valence electrons. The predicted molar refractivity (Wildman–Crippen MR) is 176 cm³/mol. The van der Waals surface area contributed by atoms with Crippen molar-refractivity contribution >= 4 is 29.1 Å². The first kappa shape index (κ1) is 31.3. The molecule has 6 rings (SSSR count). The lowest BCUT2D eigenvalue weighted by atomic mass is 9.88. The average Bonchev–Trinajstić information content (AvgIpc) is 3.43. The van der Waals surface area contributed by atoms with E-state index < -0.39 is 0 Å². The molecule has 2 saturated heterocycles. The van der Waals surface area contributed by atoms with E-state index in [0.29, 0.717) is 59.2 Å². The van der Waals surface area contributed by atoms with Crippen LogP contribution in [0.4, 0.5) is 0 Å². The Labute approximate surface area is 272 Å². The fourth-order valence-corrected chi connectivity index (χ4v) is 6.85. The van der Waals surface area contributed by atoms with Crippen molar-refractivity contribution in [1.82, 2.24) is 25.5 Å². The van der Waals surface area contributed by atoms with Gasteiger partial charge >= 0.3 is 0 Å². The number of halogens is 2. The third kappa shape index (κ3) is 6.36. The van der Waals surface area contributed by atoms with Gasteiger partial charge < -0.3 is 25.2 Å². The molecular formula is C34H35Cl2N5O4. The van der Waals surface area contributed by atoms with Crippen molar-refractivity contribution in [1.29, 1.82) is 0 Å². The lowest BCUT2D eigenvalue weighted by Gasteiger charge is -2.48. The van der Waals surface area contributed by atoms with Crippen LogP contribution in [-0.4, -0.2) is 71.9 Å². The normalized spacial score (nSPS) is 15.6. The van der Waals surface area contributed by atoms with Crippen molar-refractivity contribution in [2.45, 2.75) is 31.5 Å². The first-order chi connectivity index (χ1) is 21.8. The van der Waals surface area contributed by atoms with Crippen molar-refractivity contribution in [2.75, 3.05) is 40.5 Å². The Morgan fingerprint density at radius 3 is 1.96 bits per heavy atom. The van der Waals surface area contributed by atoms with Gasteiger partial charge in [0.05, 0.1) is 47.8 Å². The number of ether oxygens (including phenoxy) is 2. The second-order valence-electron chi connectivity index (χ2n) is 11.4. The zero-order chi connectivity index (χ0) is 31.6. The highest BCUT2D eigenvalue weighted by Crippen LogP contribution is 2.42. The number of aliphatic hydroxyl groups excluding tert-OH is 1. The second kappa shape index (κ2) is 13.3. The van der Waals surface area contributed by atoms with Crippen LogP contribution in [0.15, 0.2) is 60.7 Å². The van der Waals surface area contributed by atoms with Crippen LogP contribution in [0.1, 0.15) is 24.0 Å². The van der Waals surface area contributed by atoms with E-state index in [0.717, 1.165) is 52.9 Å². The van der Waals surface area contributed by atoms with E-state index in [1.54, 1.807) is 14.2 Å². The van der Waals surface area contributed by atoms with Crippen molar-refractivity contribution < 1.29 is 19.4 Å². The molecule has 1 amide bonds. The number of nitrogens with zero attached hydrogens (tertiary/aromatic N) is 3. The summed E-state index contributed by atoms with van der Waals surface area (Å²) in [6, 6.07) is 19.4.